The minimum absolute atomic E-state index is 0.0609. The summed E-state index contributed by atoms with van der Waals surface area (Å²) >= 11 is 1.69. The van der Waals surface area contributed by atoms with Gasteiger partial charge in [0.1, 0.15) is 0 Å². The van der Waals surface area contributed by atoms with Crippen LogP contribution < -0.4 is 10.6 Å². The zero-order valence-electron chi connectivity index (χ0n) is 13.2. The molecule has 0 radical (unpaired) electrons. The molecule has 0 aliphatic carbocycles. The van der Waals surface area contributed by atoms with Gasteiger partial charge in [0.05, 0.1) is 10.7 Å². The third kappa shape index (κ3) is 5.24. The average Bonchev–Trinajstić information content (AvgIpc) is 2.95. The van der Waals surface area contributed by atoms with Crippen LogP contribution in [0.4, 0.5) is 5.69 Å². The van der Waals surface area contributed by atoms with Gasteiger partial charge in [-0.05, 0) is 25.1 Å². The van der Waals surface area contributed by atoms with Crippen LogP contribution in [0.15, 0.2) is 29.6 Å². The highest BCUT2D eigenvalue weighted by atomic mass is 32.1. The Morgan fingerprint density at radius 2 is 2.18 bits per heavy atom. The summed E-state index contributed by atoms with van der Waals surface area (Å²) in [6.07, 6.45) is 3.40. The molecule has 0 bridgehead atoms. The number of carbonyl (C=O) groups is 1. The second kappa shape index (κ2) is 8.66. The summed E-state index contributed by atoms with van der Waals surface area (Å²) in [7, 11) is 0. The predicted octanol–water partition coefficient (Wildman–Crippen LogP) is 3.70. The summed E-state index contributed by atoms with van der Waals surface area (Å²) in [6.45, 7) is 5.76. The van der Waals surface area contributed by atoms with Crippen LogP contribution in [0, 0.1) is 0 Å². The first-order valence-corrected chi connectivity index (χ1v) is 8.60. The summed E-state index contributed by atoms with van der Waals surface area (Å²) in [5, 5.41) is 9.46. The maximum atomic E-state index is 11.1. The van der Waals surface area contributed by atoms with Gasteiger partial charge in [-0.15, -0.1) is 11.3 Å². The molecule has 1 heterocycles. The molecule has 2 aromatic rings. The average molecular weight is 317 g/mol. The number of unbranched alkanes of at least 4 members (excludes halogenated alkanes) is 1. The first kappa shape index (κ1) is 16.6. The lowest BCUT2D eigenvalue weighted by molar-refractivity contribution is -0.114. The van der Waals surface area contributed by atoms with Crippen LogP contribution in [0.3, 0.4) is 0 Å². The largest absolute Gasteiger partial charge is 0.326 e. The van der Waals surface area contributed by atoms with Crippen LogP contribution in [0.5, 0.6) is 0 Å². The van der Waals surface area contributed by atoms with Crippen LogP contribution in [-0.2, 0) is 11.2 Å². The van der Waals surface area contributed by atoms with E-state index in [9.17, 15) is 4.79 Å². The van der Waals surface area contributed by atoms with Gasteiger partial charge in [-0.1, -0.05) is 25.5 Å². The number of anilines is 1. The van der Waals surface area contributed by atoms with Gasteiger partial charge in [0.15, 0.2) is 0 Å². The molecule has 5 heteroatoms. The highest BCUT2D eigenvalue weighted by Gasteiger charge is 2.06. The SMILES string of the molecule is CCCCNCCc1nc(-c2cccc(NC(C)=O)c2)cs1. The highest BCUT2D eigenvalue weighted by molar-refractivity contribution is 7.09. The molecule has 4 nitrogen and oxygen atoms in total. The molecule has 118 valence electrons. The van der Waals surface area contributed by atoms with Gasteiger partial charge in [0.2, 0.25) is 5.91 Å². The monoisotopic (exact) mass is 317 g/mol. The smallest absolute Gasteiger partial charge is 0.221 e. The number of thiazole rings is 1. The Morgan fingerprint density at radius 3 is 2.95 bits per heavy atom. The minimum atomic E-state index is -0.0609. The van der Waals surface area contributed by atoms with E-state index in [1.165, 1.54) is 19.8 Å². The molecule has 1 aromatic heterocycles. The van der Waals surface area contributed by atoms with Crippen molar-refractivity contribution < 1.29 is 4.79 Å². The molecule has 0 atom stereocenters. The van der Waals surface area contributed by atoms with Crippen molar-refractivity contribution in [3.8, 4) is 11.3 Å². The van der Waals surface area contributed by atoms with Crippen molar-refractivity contribution in [2.24, 2.45) is 0 Å². The Labute approximate surface area is 136 Å². The number of hydrogen-bond donors (Lipinski definition) is 2. The maximum absolute atomic E-state index is 11.1. The van der Waals surface area contributed by atoms with E-state index in [2.05, 4.69) is 27.9 Å². The summed E-state index contributed by atoms with van der Waals surface area (Å²) < 4.78 is 0. The van der Waals surface area contributed by atoms with Crippen LogP contribution in [0.25, 0.3) is 11.3 Å². The van der Waals surface area contributed by atoms with Crippen molar-refractivity contribution in [2.75, 3.05) is 18.4 Å². The summed E-state index contributed by atoms with van der Waals surface area (Å²) in [6, 6.07) is 7.80. The zero-order valence-corrected chi connectivity index (χ0v) is 14.0. The van der Waals surface area contributed by atoms with E-state index < -0.39 is 0 Å². The van der Waals surface area contributed by atoms with Crippen LogP contribution in [-0.4, -0.2) is 24.0 Å². The quantitative estimate of drug-likeness (QED) is 0.730. The Morgan fingerprint density at radius 1 is 1.32 bits per heavy atom. The van der Waals surface area contributed by atoms with Crippen molar-refractivity contribution in [3.05, 3.63) is 34.7 Å². The van der Waals surface area contributed by atoms with E-state index in [-0.39, 0.29) is 5.91 Å². The third-order valence-electron chi connectivity index (χ3n) is 3.25. The van der Waals surface area contributed by atoms with Gasteiger partial charge in [-0.25, -0.2) is 4.98 Å². The molecule has 0 aliphatic rings. The fourth-order valence-electron chi connectivity index (χ4n) is 2.14. The van der Waals surface area contributed by atoms with E-state index in [4.69, 9.17) is 0 Å². The fourth-order valence-corrected chi connectivity index (χ4v) is 2.95. The number of nitrogens with one attached hydrogen (secondary N) is 2. The Hall–Kier alpha value is -1.72. The molecule has 0 saturated heterocycles. The fraction of sp³-hybridized carbons (Fsp3) is 0.412. The molecule has 0 fully saturated rings. The molecule has 22 heavy (non-hydrogen) atoms. The number of aromatic nitrogens is 1. The van der Waals surface area contributed by atoms with Crippen LogP contribution in [0.2, 0.25) is 0 Å². The molecule has 0 unspecified atom stereocenters. The molecular formula is C17H23N3OS. The lowest BCUT2D eigenvalue weighted by Gasteiger charge is -2.04. The normalized spacial score (nSPS) is 10.6. The molecule has 0 aliphatic heterocycles. The number of amides is 1. The van der Waals surface area contributed by atoms with E-state index in [1.54, 1.807) is 11.3 Å². The summed E-state index contributed by atoms with van der Waals surface area (Å²) in [5.74, 6) is -0.0609. The zero-order chi connectivity index (χ0) is 15.8. The third-order valence-corrected chi connectivity index (χ3v) is 4.16. The molecular weight excluding hydrogens is 294 g/mol. The lowest BCUT2D eigenvalue weighted by Crippen LogP contribution is -2.18. The van der Waals surface area contributed by atoms with Gasteiger partial charge < -0.3 is 10.6 Å². The first-order chi connectivity index (χ1) is 10.7. The first-order valence-electron chi connectivity index (χ1n) is 7.72. The summed E-state index contributed by atoms with van der Waals surface area (Å²) in [5.41, 5.74) is 2.81. The maximum Gasteiger partial charge on any atom is 0.221 e. The van der Waals surface area contributed by atoms with Gasteiger partial charge in [0.25, 0.3) is 0 Å². The second-order valence-corrected chi connectivity index (χ2v) is 6.18. The van der Waals surface area contributed by atoms with Gasteiger partial charge in [-0.2, -0.15) is 0 Å². The van der Waals surface area contributed by atoms with E-state index >= 15 is 0 Å². The number of nitrogens with zero attached hydrogens (tertiary/aromatic N) is 1. The van der Waals surface area contributed by atoms with Gasteiger partial charge in [-0.3, -0.25) is 4.79 Å². The Bertz CT molecular complexity index is 609. The Balaban J connectivity index is 1.94. The van der Waals surface area contributed by atoms with Crippen LogP contribution >= 0.6 is 11.3 Å². The molecule has 2 rings (SSSR count). The standard InChI is InChI=1S/C17H23N3OS/c1-3-4-9-18-10-8-17-20-16(12-22-17)14-6-5-7-15(11-14)19-13(2)21/h5-7,11-12,18H,3-4,8-10H2,1-2H3,(H,19,21). The van der Waals surface area contributed by atoms with Crippen molar-refractivity contribution in [1.82, 2.24) is 10.3 Å². The number of benzene rings is 1. The summed E-state index contributed by atoms with van der Waals surface area (Å²) in [4.78, 5) is 15.8. The van der Waals surface area contributed by atoms with E-state index in [0.29, 0.717) is 0 Å². The minimum Gasteiger partial charge on any atom is -0.326 e. The van der Waals surface area contributed by atoms with E-state index in [0.717, 1.165) is 41.5 Å². The molecule has 0 saturated carbocycles. The topological polar surface area (TPSA) is 54.0 Å². The molecule has 1 amide bonds. The second-order valence-electron chi connectivity index (χ2n) is 5.24. The lowest BCUT2D eigenvalue weighted by atomic mass is 10.1. The highest BCUT2D eigenvalue weighted by Crippen LogP contribution is 2.24. The molecule has 2 N–H and O–H groups in total. The number of carbonyl (C=O) groups excluding carboxylic acids is 1. The predicted molar refractivity (Wildman–Crippen MR) is 93.3 cm³/mol. The Kier molecular flexibility index (Phi) is 6.55. The van der Waals surface area contributed by atoms with E-state index in [1.807, 2.05) is 24.3 Å². The number of hydrogen-bond acceptors (Lipinski definition) is 4. The van der Waals surface area contributed by atoms with Gasteiger partial charge >= 0.3 is 0 Å². The van der Waals surface area contributed by atoms with Crippen molar-refractivity contribution >= 4 is 22.9 Å². The number of rotatable bonds is 8. The van der Waals surface area contributed by atoms with Crippen molar-refractivity contribution in [2.45, 2.75) is 33.1 Å². The van der Waals surface area contributed by atoms with Crippen LogP contribution in [0.1, 0.15) is 31.7 Å². The molecule has 1 aromatic carbocycles. The van der Waals surface area contributed by atoms with Gasteiger partial charge in [0, 0.05) is 36.5 Å². The van der Waals surface area contributed by atoms with Crippen molar-refractivity contribution in [3.63, 3.8) is 0 Å². The van der Waals surface area contributed by atoms with Crippen molar-refractivity contribution in [1.29, 1.82) is 0 Å². The molecule has 0 spiro atoms.